The zero-order chi connectivity index (χ0) is 17.5. The van der Waals surface area contributed by atoms with E-state index in [-0.39, 0.29) is 23.1 Å². The van der Waals surface area contributed by atoms with Crippen molar-refractivity contribution in [2.45, 2.75) is 20.3 Å². The van der Waals surface area contributed by atoms with E-state index in [1.807, 2.05) is 0 Å². The van der Waals surface area contributed by atoms with Gasteiger partial charge in [0.25, 0.3) is 11.8 Å². The average molecular weight is 329 g/mol. The van der Waals surface area contributed by atoms with E-state index >= 15 is 0 Å². The van der Waals surface area contributed by atoms with Gasteiger partial charge in [-0.1, -0.05) is 19.9 Å². The molecule has 126 valence electrons. The van der Waals surface area contributed by atoms with Crippen LogP contribution in [0.15, 0.2) is 42.5 Å². The zero-order valence-corrected chi connectivity index (χ0v) is 13.7. The molecule has 0 atom stereocenters. The Labute approximate surface area is 140 Å². The quantitative estimate of drug-likeness (QED) is 0.854. The number of amides is 2. The maximum absolute atomic E-state index is 12.9. The number of pyridine rings is 1. The molecule has 24 heavy (non-hydrogen) atoms. The number of anilines is 1. The van der Waals surface area contributed by atoms with Gasteiger partial charge in [-0.25, -0.2) is 9.37 Å². The molecule has 6 heteroatoms. The smallest absolute Gasteiger partial charge is 0.274 e. The molecule has 0 unspecified atom stereocenters. The van der Waals surface area contributed by atoms with Gasteiger partial charge < -0.3 is 10.6 Å². The van der Waals surface area contributed by atoms with E-state index in [0.29, 0.717) is 18.2 Å². The summed E-state index contributed by atoms with van der Waals surface area (Å²) in [6.45, 7) is 4.71. The molecule has 0 aliphatic heterocycles. The second-order valence-corrected chi connectivity index (χ2v) is 5.81. The third kappa shape index (κ3) is 5.15. The van der Waals surface area contributed by atoms with Crippen LogP contribution in [0.1, 0.15) is 41.2 Å². The molecular formula is C18H20FN3O2. The van der Waals surface area contributed by atoms with Gasteiger partial charge >= 0.3 is 0 Å². The average Bonchev–Trinajstić information content (AvgIpc) is 2.56. The van der Waals surface area contributed by atoms with Crippen molar-refractivity contribution in [1.29, 1.82) is 0 Å². The fourth-order valence-electron chi connectivity index (χ4n) is 1.98. The number of benzene rings is 1. The fourth-order valence-corrected chi connectivity index (χ4v) is 1.98. The van der Waals surface area contributed by atoms with Crippen LogP contribution in [-0.4, -0.2) is 23.3 Å². The van der Waals surface area contributed by atoms with Crippen molar-refractivity contribution in [2.75, 3.05) is 11.9 Å². The summed E-state index contributed by atoms with van der Waals surface area (Å²) < 4.78 is 12.9. The summed E-state index contributed by atoms with van der Waals surface area (Å²) in [7, 11) is 0. The Morgan fingerprint density at radius 3 is 2.29 bits per heavy atom. The van der Waals surface area contributed by atoms with Gasteiger partial charge in [0.2, 0.25) is 0 Å². The minimum atomic E-state index is -0.460. The van der Waals surface area contributed by atoms with E-state index in [9.17, 15) is 14.0 Å². The summed E-state index contributed by atoms with van der Waals surface area (Å²) >= 11 is 0. The molecule has 1 aromatic heterocycles. The van der Waals surface area contributed by atoms with E-state index in [2.05, 4.69) is 29.5 Å². The van der Waals surface area contributed by atoms with Crippen molar-refractivity contribution in [3.05, 3.63) is 59.7 Å². The number of halogens is 1. The molecule has 5 nitrogen and oxygen atoms in total. The number of nitrogens with zero attached hydrogens (tertiary/aromatic N) is 1. The Hall–Kier alpha value is -2.76. The van der Waals surface area contributed by atoms with Crippen LogP contribution < -0.4 is 10.6 Å². The minimum absolute atomic E-state index is 0.121. The Bertz CT molecular complexity index is 714. The summed E-state index contributed by atoms with van der Waals surface area (Å²) in [5, 5.41) is 5.39. The van der Waals surface area contributed by atoms with Crippen LogP contribution >= 0.6 is 0 Å². The van der Waals surface area contributed by atoms with E-state index in [4.69, 9.17) is 0 Å². The van der Waals surface area contributed by atoms with Crippen LogP contribution in [0, 0.1) is 11.7 Å². The van der Waals surface area contributed by atoms with Gasteiger partial charge in [0.05, 0.1) is 0 Å². The molecule has 1 heterocycles. The third-order valence-corrected chi connectivity index (χ3v) is 3.32. The molecule has 1 aromatic carbocycles. The van der Waals surface area contributed by atoms with Crippen molar-refractivity contribution >= 4 is 17.5 Å². The molecule has 0 bridgehead atoms. The number of nitrogens with one attached hydrogen (secondary N) is 2. The Morgan fingerprint density at radius 1 is 1.04 bits per heavy atom. The number of carbonyl (C=O) groups excluding carboxylic acids is 2. The largest absolute Gasteiger partial charge is 0.351 e. The van der Waals surface area contributed by atoms with E-state index in [0.717, 1.165) is 6.42 Å². The summed E-state index contributed by atoms with van der Waals surface area (Å²) in [4.78, 5) is 28.3. The standard InChI is InChI=1S/C18H20FN3O2/c1-12(2)10-11-20-17(23)15-4-3-5-16(22-15)18(24)21-14-8-6-13(19)7-9-14/h3-9,12H,10-11H2,1-2H3,(H,20,23)(H,21,24). The molecule has 0 fully saturated rings. The highest BCUT2D eigenvalue weighted by molar-refractivity contribution is 6.03. The SMILES string of the molecule is CC(C)CCNC(=O)c1cccc(C(=O)Nc2ccc(F)cc2)n1. The molecule has 0 saturated heterocycles. The van der Waals surface area contributed by atoms with Gasteiger partial charge in [-0.15, -0.1) is 0 Å². The van der Waals surface area contributed by atoms with Gasteiger partial charge in [0.1, 0.15) is 17.2 Å². The highest BCUT2D eigenvalue weighted by Gasteiger charge is 2.12. The van der Waals surface area contributed by atoms with Crippen LogP contribution in [0.5, 0.6) is 0 Å². The molecule has 2 amide bonds. The molecule has 0 radical (unpaired) electrons. The zero-order valence-electron chi connectivity index (χ0n) is 13.7. The first-order chi connectivity index (χ1) is 11.5. The highest BCUT2D eigenvalue weighted by Crippen LogP contribution is 2.10. The van der Waals surface area contributed by atoms with Crippen molar-refractivity contribution in [1.82, 2.24) is 10.3 Å². The summed E-state index contributed by atoms with van der Waals surface area (Å²) in [5.41, 5.74) is 0.760. The van der Waals surface area contributed by atoms with Crippen LogP contribution in [0.25, 0.3) is 0 Å². The van der Waals surface area contributed by atoms with Crippen LogP contribution in [0.4, 0.5) is 10.1 Å². The lowest BCUT2D eigenvalue weighted by Crippen LogP contribution is -2.27. The maximum Gasteiger partial charge on any atom is 0.274 e. The molecule has 2 rings (SSSR count). The second-order valence-electron chi connectivity index (χ2n) is 5.81. The molecular weight excluding hydrogens is 309 g/mol. The number of hydrogen-bond acceptors (Lipinski definition) is 3. The number of rotatable bonds is 6. The number of aromatic nitrogens is 1. The molecule has 0 aliphatic rings. The summed E-state index contributed by atoms with van der Waals surface area (Å²) in [6, 6.07) is 10.1. The number of hydrogen-bond donors (Lipinski definition) is 2. The first-order valence-corrected chi connectivity index (χ1v) is 7.78. The van der Waals surface area contributed by atoms with Gasteiger partial charge in [0.15, 0.2) is 0 Å². The van der Waals surface area contributed by atoms with Gasteiger partial charge in [0, 0.05) is 12.2 Å². The first-order valence-electron chi connectivity index (χ1n) is 7.78. The van der Waals surface area contributed by atoms with E-state index in [1.54, 1.807) is 12.1 Å². The Morgan fingerprint density at radius 2 is 1.67 bits per heavy atom. The van der Waals surface area contributed by atoms with Crippen molar-refractivity contribution < 1.29 is 14.0 Å². The molecule has 0 saturated carbocycles. The van der Waals surface area contributed by atoms with Gasteiger partial charge in [-0.2, -0.15) is 0 Å². The normalized spacial score (nSPS) is 10.5. The van der Waals surface area contributed by atoms with E-state index in [1.165, 1.54) is 30.3 Å². The lowest BCUT2D eigenvalue weighted by Gasteiger charge is -2.08. The molecule has 2 aromatic rings. The van der Waals surface area contributed by atoms with Crippen LogP contribution in [0.3, 0.4) is 0 Å². The van der Waals surface area contributed by atoms with Crippen molar-refractivity contribution in [3.63, 3.8) is 0 Å². The monoisotopic (exact) mass is 329 g/mol. The predicted molar refractivity (Wildman–Crippen MR) is 90.4 cm³/mol. The fraction of sp³-hybridized carbons (Fsp3) is 0.278. The predicted octanol–water partition coefficient (Wildman–Crippen LogP) is 3.25. The Balaban J connectivity index is 2.02. The van der Waals surface area contributed by atoms with E-state index < -0.39 is 5.91 Å². The van der Waals surface area contributed by atoms with Gasteiger partial charge in [-0.05, 0) is 48.7 Å². The third-order valence-electron chi connectivity index (χ3n) is 3.32. The van der Waals surface area contributed by atoms with Crippen LogP contribution in [0.2, 0.25) is 0 Å². The van der Waals surface area contributed by atoms with Crippen LogP contribution in [-0.2, 0) is 0 Å². The molecule has 0 spiro atoms. The summed E-state index contributed by atoms with van der Waals surface area (Å²) in [6.07, 6.45) is 0.872. The minimum Gasteiger partial charge on any atom is -0.351 e. The topological polar surface area (TPSA) is 71.1 Å². The second kappa shape index (κ2) is 8.19. The number of carbonyl (C=O) groups is 2. The van der Waals surface area contributed by atoms with Crippen molar-refractivity contribution in [2.24, 2.45) is 5.92 Å². The first kappa shape index (κ1) is 17.6. The lowest BCUT2D eigenvalue weighted by molar-refractivity contribution is 0.0947. The van der Waals surface area contributed by atoms with Gasteiger partial charge in [-0.3, -0.25) is 9.59 Å². The summed E-state index contributed by atoms with van der Waals surface area (Å²) in [5.74, 6) is -0.664. The lowest BCUT2D eigenvalue weighted by atomic mass is 10.1. The maximum atomic E-state index is 12.9. The molecule has 2 N–H and O–H groups in total. The molecule has 0 aliphatic carbocycles. The van der Waals surface area contributed by atoms with Crippen molar-refractivity contribution in [3.8, 4) is 0 Å². The Kier molecular flexibility index (Phi) is 6.01. The highest BCUT2D eigenvalue weighted by atomic mass is 19.1.